The lowest BCUT2D eigenvalue weighted by molar-refractivity contribution is -0.128. The molecule has 4 heteroatoms. The molecule has 1 amide bonds. The first-order valence-electron chi connectivity index (χ1n) is 9.37. The van der Waals surface area contributed by atoms with Crippen LogP contribution in [0, 0.1) is 17.8 Å². The number of amides is 1. The van der Waals surface area contributed by atoms with Crippen LogP contribution in [-0.4, -0.2) is 18.6 Å². The highest BCUT2D eigenvalue weighted by Crippen LogP contribution is 2.42. The summed E-state index contributed by atoms with van der Waals surface area (Å²) < 4.78 is 5.69. The average Bonchev–Trinajstić information content (AvgIpc) is 2.55. The summed E-state index contributed by atoms with van der Waals surface area (Å²) in [4.78, 5) is 12.8. The molecule has 2 aliphatic rings. The molecule has 3 rings (SSSR count). The number of hydrogen-bond donors (Lipinski definition) is 2. The molecule has 2 bridgehead atoms. The van der Waals surface area contributed by atoms with Gasteiger partial charge in [0.15, 0.2) is 0 Å². The van der Waals surface area contributed by atoms with Gasteiger partial charge in [0.25, 0.3) is 0 Å². The normalized spacial score (nSPS) is 30.5. The maximum Gasteiger partial charge on any atom is 0.223 e. The third-order valence-electron chi connectivity index (χ3n) is 5.83. The molecule has 0 spiro atoms. The van der Waals surface area contributed by atoms with Gasteiger partial charge in [-0.25, -0.2) is 0 Å². The molecule has 132 valence electrons. The van der Waals surface area contributed by atoms with Crippen molar-refractivity contribution < 1.29 is 9.53 Å². The minimum atomic E-state index is -0.0457. The van der Waals surface area contributed by atoms with Gasteiger partial charge in [-0.05, 0) is 57.4 Å². The lowest BCUT2D eigenvalue weighted by Gasteiger charge is -2.43. The Morgan fingerprint density at radius 1 is 1.29 bits per heavy atom. The zero-order chi connectivity index (χ0) is 17.1. The van der Waals surface area contributed by atoms with Crippen LogP contribution in [0.4, 0.5) is 0 Å². The van der Waals surface area contributed by atoms with E-state index in [0.717, 1.165) is 24.2 Å². The van der Waals surface area contributed by atoms with E-state index in [0.29, 0.717) is 24.5 Å². The number of para-hydroxylation sites is 1. The topological polar surface area (TPSA) is 64.3 Å². The number of hydrogen-bond acceptors (Lipinski definition) is 3. The second kappa shape index (κ2) is 7.56. The molecule has 24 heavy (non-hydrogen) atoms. The third-order valence-corrected chi connectivity index (χ3v) is 5.83. The van der Waals surface area contributed by atoms with E-state index >= 15 is 0 Å². The van der Waals surface area contributed by atoms with Gasteiger partial charge in [-0.3, -0.25) is 4.79 Å². The van der Waals surface area contributed by atoms with Gasteiger partial charge in [-0.2, -0.15) is 0 Å². The van der Waals surface area contributed by atoms with Gasteiger partial charge in [0.05, 0.1) is 12.6 Å². The molecular weight excluding hydrogens is 300 g/mol. The fraction of sp³-hybridized carbons (Fsp3) is 0.650. The minimum absolute atomic E-state index is 0.0457. The van der Waals surface area contributed by atoms with E-state index in [9.17, 15) is 4.79 Å². The smallest absolute Gasteiger partial charge is 0.223 e. The van der Waals surface area contributed by atoms with E-state index < -0.39 is 0 Å². The number of fused-ring (bicyclic) bond motifs is 2. The van der Waals surface area contributed by atoms with Crippen molar-refractivity contribution in [2.75, 3.05) is 6.61 Å². The van der Waals surface area contributed by atoms with Crippen LogP contribution in [0.3, 0.4) is 0 Å². The molecule has 4 nitrogen and oxygen atoms in total. The van der Waals surface area contributed by atoms with Crippen LogP contribution in [-0.2, 0) is 4.79 Å². The Labute approximate surface area is 145 Å². The van der Waals surface area contributed by atoms with Crippen molar-refractivity contribution in [3.8, 4) is 5.75 Å². The Bertz CT molecular complexity index is 561. The van der Waals surface area contributed by atoms with E-state index in [1.54, 1.807) is 0 Å². The maximum atomic E-state index is 12.8. The molecule has 3 unspecified atom stereocenters. The summed E-state index contributed by atoms with van der Waals surface area (Å²) in [5, 5.41) is 3.21. The molecule has 0 saturated heterocycles. The molecule has 3 atom stereocenters. The molecule has 3 N–H and O–H groups in total. The first-order valence-corrected chi connectivity index (χ1v) is 9.37. The molecule has 0 radical (unpaired) electrons. The highest BCUT2D eigenvalue weighted by molar-refractivity contribution is 5.79. The van der Waals surface area contributed by atoms with Gasteiger partial charge in [0, 0.05) is 17.5 Å². The lowest BCUT2D eigenvalue weighted by Crippen LogP contribution is -2.49. The lowest BCUT2D eigenvalue weighted by atomic mass is 9.65. The number of nitrogens with two attached hydrogens (primary N) is 1. The van der Waals surface area contributed by atoms with Gasteiger partial charge in [-0.1, -0.05) is 24.6 Å². The van der Waals surface area contributed by atoms with Crippen molar-refractivity contribution in [2.45, 2.75) is 58.0 Å². The second-order valence-corrected chi connectivity index (χ2v) is 7.40. The van der Waals surface area contributed by atoms with Gasteiger partial charge in [0.1, 0.15) is 5.75 Å². The SMILES string of the molecule is CCOc1ccccc1C(C)NC(=O)C1CC2CCCC(C1)C2N. The number of ether oxygens (including phenoxy) is 1. The summed E-state index contributed by atoms with van der Waals surface area (Å²) >= 11 is 0. The van der Waals surface area contributed by atoms with E-state index in [-0.39, 0.29) is 17.9 Å². The van der Waals surface area contributed by atoms with Crippen molar-refractivity contribution in [2.24, 2.45) is 23.5 Å². The molecule has 1 aromatic rings. The molecule has 0 aliphatic heterocycles. The molecule has 0 heterocycles. The zero-order valence-corrected chi connectivity index (χ0v) is 14.8. The van der Waals surface area contributed by atoms with Crippen LogP contribution in [0.5, 0.6) is 5.75 Å². The van der Waals surface area contributed by atoms with Crippen molar-refractivity contribution in [3.05, 3.63) is 29.8 Å². The van der Waals surface area contributed by atoms with E-state index in [1.165, 1.54) is 19.3 Å². The van der Waals surface area contributed by atoms with E-state index in [1.807, 2.05) is 38.1 Å². The van der Waals surface area contributed by atoms with Crippen LogP contribution < -0.4 is 15.8 Å². The predicted octanol–water partition coefficient (Wildman–Crippen LogP) is 3.42. The number of benzene rings is 1. The van der Waals surface area contributed by atoms with Crippen molar-refractivity contribution in [1.29, 1.82) is 0 Å². The van der Waals surface area contributed by atoms with E-state index in [4.69, 9.17) is 10.5 Å². The Morgan fingerprint density at radius 3 is 2.62 bits per heavy atom. The summed E-state index contributed by atoms with van der Waals surface area (Å²) in [6, 6.07) is 8.21. The molecule has 2 fully saturated rings. The number of carbonyl (C=O) groups excluding carboxylic acids is 1. The van der Waals surface area contributed by atoms with Gasteiger partial charge in [0.2, 0.25) is 5.91 Å². The predicted molar refractivity (Wildman–Crippen MR) is 95.7 cm³/mol. The van der Waals surface area contributed by atoms with E-state index in [2.05, 4.69) is 5.32 Å². The summed E-state index contributed by atoms with van der Waals surface area (Å²) in [6.45, 7) is 4.64. The van der Waals surface area contributed by atoms with Gasteiger partial charge >= 0.3 is 0 Å². The highest BCUT2D eigenvalue weighted by Gasteiger charge is 2.40. The van der Waals surface area contributed by atoms with Crippen LogP contribution >= 0.6 is 0 Å². The summed E-state index contributed by atoms with van der Waals surface area (Å²) in [6.07, 6.45) is 5.54. The maximum absolute atomic E-state index is 12.8. The zero-order valence-electron chi connectivity index (χ0n) is 14.8. The van der Waals surface area contributed by atoms with Crippen molar-refractivity contribution in [3.63, 3.8) is 0 Å². The molecule has 2 saturated carbocycles. The Balaban J connectivity index is 1.64. The van der Waals surface area contributed by atoms with Crippen molar-refractivity contribution >= 4 is 5.91 Å². The molecule has 1 aromatic carbocycles. The third kappa shape index (κ3) is 3.59. The number of carbonyl (C=O) groups is 1. The largest absolute Gasteiger partial charge is 0.494 e. The molecule has 2 aliphatic carbocycles. The van der Waals surface area contributed by atoms with Gasteiger partial charge < -0.3 is 15.8 Å². The fourth-order valence-corrected chi connectivity index (χ4v) is 4.54. The van der Waals surface area contributed by atoms with Gasteiger partial charge in [-0.15, -0.1) is 0 Å². The highest BCUT2D eigenvalue weighted by atomic mass is 16.5. The van der Waals surface area contributed by atoms with Crippen LogP contribution in [0.1, 0.15) is 57.6 Å². The Kier molecular flexibility index (Phi) is 5.44. The monoisotopic (exact) mass is 330 g/mol. The summed E-state index contributed by atoms with van der Waals surface area (Å²) in [5.41, 5.74) is 7.39. The standard InChI is InChI=1S/C20H30N2O2/c1-3-24-18-10-5-4-9-17(18)13(2)22-20(23)16-11-14-7-6-8-15(12-16)19(14)21/h4-5,9-10,13-16,19H,3,6-8,11-12,21H2,1-2H3,(H,22,23). The first kappa shape index (κ1) is 17.3. The first-order chi connectivity index (χ1) is 11.6. The van der Waals surface area contributed by atoms with Crippen molar-refractivity contribution in [1.82, 2.24) is 5.32 Å². The number of rotatable bonds is 5. The van der Waals surface area contributed by atoms with Crippen LogP contribution in [0.2, 0.25) is 0 Å². The molecular formula is C20H30N2O2. The Hall–Kier alpha value is -1.55. The fourth-order valence-electron chi connectivity index (χ4n) is 4.54. The Morgan fingerprint density at radius 2 is 1.96 bits per heavy atom. The molecule has 0 aromatic heterocycles. The number of nitrogens with one attached hydrogen (secondary N) is 1. The summed E-state index contributed by atoms with van der Waals surface area (Å²) in [5.74, 6) is 2.20. The van der Waals surface area contributed by atoms with Crippen LogP contribution in [0.25, 0.3) is 0 Å². The quantitative estimate of drug-likeness (QED) is 0.869. The average molecular weight is 330 g/mol. The summed E-state index contributed by atoms with van der Waals surface area (Å²) in [7, 11) is 0. The minimum Gasteiger partial charge on any atom is -0.494 e. The van der Waals surface area contributed by atoms with Crippen LogP contribution in [0.15, 0.2) is 24.3 Å². The second-order valence-electron chi connectivity index (χ2n) is 7.40.